The van der Waals surface area contributed by atoms with Crippen LogP contribution < -0.4 is 0 Å². The fraction of sp³-hybridized carbons (Fsp3) is 0.583. The van der Waals surface area contributed by atoms with Crippen LogP contribution in [0.4, 0.5) is 0 Å². The maximum Gasteiger partial charge on any atom is 0.220 e. The van der Waals surface area contributed by atoms with Crippen LogP contribution in [0.5, 0.6) is 0 Å². The summed E-state index contributed by atoms with van der Waals surface area (Å²) >= 11 is 0. The Hall–Kier alpha value is -2.75. The van der Waals surface area contributed by atoms with Crippen molar-refractivity contribution in [3.8, 4) is 0 Å². The summed E-state index contributed by atoms with van der Waals surface area (Å²) in [5.41, 5.74) is 5.15. The number of aliphatic hydroxyl groups excluding tert-OH is 1. The molecule has 1 N–H and O–H groups in total. The van der Waals surface area contributed by atoms with E-state index in [9.17, 15) is 14.7 Å². The lowest BCUT2D eigenvalue weighted by Crippen LogP contribution is -2.62. The van der Waals surface area contributed by atoms with Gasteiger partial charge in [0.2, 0.25) is 5.78 Å². The number of aliphatic hydroxyl groups is 1. The molecule has 0 aliphatic heterocycles. The van der Waals surface area contributed by atoms with E-state index >= 15 is 0 Å². The second-order valence-electron chi connectivity index (χ2n) is 14.9. The van der Waals surface area contributed by atoms with Gasteiger partial charge in [-0.05, 0) is 109 Å². The zero-order chi connectivity index (χ0) is 28.7. The summed E-state index contributed by atoms with van der Waals surface area (Å²) in [6.07, 6.45) is 18.6. The average Bonchev–Trinajstić information content (AvgIpc) is 2.94. The Morgan fingerprint density at radius 3 is 2.50 bits per heavy atom. The fourth-order valence-corrected chi connectivity index (χ4v) is 9.82. The first-order chi connectivity index (χ1) is 18.8. The molecule has 0 amide bonds. The van der Waals surface area contributed by atoms with Crippen LogP contribution in [0, 0.1) is 33.0 Å². The molecular weight excluding hydrogens is 494 g/mol. The van der Waals surface area contributed by atoms with Crippen LogP contribution in [0.25, 0.3) is 0 Å². The van der Waals surface area contributed by atoms with Crippen molar-refractivity contribution in [2.45, 2.75) is 99.3 Å². The van der Waals surface area contributed by atoms with Gasteiger partial charge in [-0.3, -0.25) is 14.6 Å². The summed E-state index contributed by atoms with van der Waals surface area (Å²) < 4.78 is 0. The van der Waals surface area contributed by atoms with Gasteiger partial charge in [0.25, 0.3) is 0 Å². The highest BCUT2D eigenvalue weighted by Crippen LogP contribution is 2.75. The zero-order valence-corrected chi connectivity index (χ0v) is 25.2. The monoisotopic (exact) mass is 539 g/mol. The number of carbonyl (C=O) groups is 2. The molecule has 4 heteroatoms. The molecule has 1 heterocycles. The first-order valence-electron chi connectivity index (χ1n) is 15.3. The molecule has 3 saturated carbocycles. The molecule has 4 nitrogen and oxygen atoms in total. The number of rotatable bonds is 4. The molecule has 212 valence electrons. The van der Waals surface area contributed by atoms with Gasteiger partial charge >= 0.3 is 0 Å². The second kappa shape index (κ2) is 8.87. The van der Waals surface area contributed by atoms with E-state index in [4.69, 9.17) is 0 Å². The van der Waals surface area contributed by atoms with E-state index in [0.29, 0.717) is 23.7 Å². The third-order valence-electron chi connectivity index (χ3n) is 12.9. The van der Waals surface area contributed by atoms with Gasteiger partial charge in [0, 0.05) is 35.2 Å². The maximum atomic E-state index is 13.8. The Morgan fingerprint density at radius 1 is 1.02 bits per heavy atom. The predicted octanol–water partition coefficient (Wildman–Crippen LogP) is 8.21. The number of aromatic nitrogens is 1. The molecule has 0 spiro atoms. The number of aryl methyl sites for hydroxylation is 1. The average molecular weight is 540 g/mol. The molecule has 6 atom stereocenters. The number of fused-ring (bicyclic) bond motifs is 7. The van der Waals surface area contributed by atoms with E-state index < -0.39 is 0 Å². The number of Topliss-reactive ketones (excluding diaryl/α,β-unsaturated/α-hetero) is 1. The summed E-state index contributed by atoms with van der Waals surface area (Å²) in [5.74, 6) is 0.482. The third-order valence-corrected chi connectivity index (χ3v) is 12.9. The molecule has 5 aliphatic rings. The highest BCUT2D eigenvalue weighted by Gasteiger charge is 2.67. The Kier molecular flexibility index (Phi) is 6.08. The molecule has 6 rings (SSSR count). The Labute approximate surface area is 239 Å². The van der Waals surface area contributed by atoms with E-state index in [1.165, 1.54) is 12.0 Å². The number of hydrogen-bond donors (Lipinski definition) is 1. The summed E-state index contributed by atoms with van der Waals surface area (Å²) in [6, 6.07) is 4.02. The highest BCUT2D eigenvalue weighted by atomic mass is 16.3. The molecule has 0 radical (unpaired) electrons. The van der Waals surface area contributed by atoms with Crippen molar-refractivity contribution in [1.29, 1.82) is 0 Å². The molecule has 0 aromatic carbocycles. The van der Waals surface area contributed by atoms with Crippen LogP contribution in [0.15, 0.2) is 70.8 Å². The number of allylic oxidation sites excluding steroid dienone is 7. The predicted molar refractivity (Wildman–Crippen MR) is 158 cm³/mol. The van der Waals surface area contributed by atoms with Gasteiger partial charge in [-0.25, -0.2) is 0 Å². The van der Waals surface area contributed by atoms with E-state index in [-0.39, 0.29) is 38.6 Å². The van der Waals surface area contributed by atoms with Crippen molar-refractivity contribution in [1.82, 2.24) is 4.98 Å². The molecule has 0 unspecified atom stereocenters. The van der Waals surface area contributed by atoms with Crippen LogP contribution in [-0.4, -0.2) is 21.7 Å². The van der Waals surface area contributed by atoms with Crippen molar-refractivity contribution in [3.63, 3.8) is 0 Å². The lowest BCUT2D eigenvalue weighted by Gasteiger charge is -2.70. The van der Waals surface area contributed by atoms with Crippen LogP contribution in [-0.2, 0) is 16.0 Å². The molecule has 1 aromatic rings. The standard InChI is InChI=1S/C36H45NO3/c1-23-25-10-11-28-34(4,26(25)20-27(38)31(23)40)16-18-36(6)29-21-33(3,14-13-32(29,2)15-17-35(28,36)5)30(39)12-9-24-8-7-19-37-22-24/h7-8,10-11,19-20,22,29,40H,9,12-18,21H2,1-6H3/t29-,32-,33-,34+,35-,36+/m1/s1. The molecule has 0 saturated heterocycles. The summed E-state index contributed by atoms with van der Waals surface area (Å²) in [7, 11) is 0. The van der Waals surface area contributed by atoms with Gasteiger partial charge in [0.1, 0.15) is 5.78 Å². The summed E-state index contributed by atoms with van der Waals surface area (Å²) in [5, 5.41) is 10.4. The molecule has 40 heavy (non-hydrogen) atoms. The molecule has 1 aromatic heterocycles. The topological polar surface area (TPSA) is 67.3 Å². The van der Waals surface area contributed by atoms with E-state index in [1.807, 2.05) is 19.2 Å². The van der Waals surface area contributed by atoms with Crippen molar-refractivity contribution >= 4 is 11.6 Å². The van der Waals surface area contributed by atoms with Crippen LogP contribution in [0.1, 0.15) is 98.5 Å². The Balaban J connectivity index is 1.34. The Bertz CT molecular complexity index is 1410. The third kappa shape index (κ3) is 3.66. The maximum absolute atomic E-state index is 13.8. The number of pyridine rings is 1. The minimum Gasteiger partial charge on any atom is -0.504 e. The smallest absolute Gasteiger partial charge is 0.220 e. The molecule has 5 aliphatic carbocycles. The molecule has 0 bridgehead atoms. The lowest BCUT2D eigenvalue weighted by molar-refractivity contribution is -0.168. The lowest BCUT2D eigenvalue weighted by atomic mass is 9.34. The van der Waals surface area contributed by atoms with E-state index in [2.05, 4.69) is 57.8 Å². The zero-order valence-electron chi connectivity index (χ0n) is 25.2. The minimum absolute atomic E-state index is 0.0236. The largest absolute Gasteiger partial charge is 0.504 e. The SMILES string of the molecule is CC1=C(O)C(=O)C=C2C1=CC=C1[C@@]2(C)CC[C@@]2(C)[C@@H]3C[C@](C)(C(=O)CCc4cccnc4)CC[C@]3(C)CC[C@]12C. The van der Waals surface area contributed by atoms with Gasteiger partial charge in [0.05, 0.1) is 0 Å². The highest BCUT2D eigenvalue weighted by molar-refractivity contribution is 6.06. The first-order valence-corrected chi connectivity index (χ1v) is 15.3. The van der Waals surface area contributed by atoms with Gasteiger partial charge in [-0.2, -0.15) is 0 Å². The van der Waals surface area contributed by atoms with Crippen LogP contribution >= 0.6 is 0 Å². The van der Waals surface area contributed by atoms with Gasteiger partial charge in [-0.1, -0.05) is 58.4 Å². The number of carbonyl (C=O) groups excluding carboxylic acids is 2. The summed E-state index contributed by atoms with van der Waals surface area (Å²) in [4.78, 5) is 30.8. The van der Waals surface area contributed by atoms with E-state index in [1.54, 1.807) is 12.3 Å². The number of hydrogen-bond acceptors (Lipinski definition) is 4. The number of ketones is 2. The molecular formula is C36H45NO3. The van der Waals surface area contributed by atoms with Crippen molar-refractivity contribution < 1.29 is 14.7 Å². The van der Waals surface area contributed by atoms with Crippen molar-refractivity contribution in [3.05, 3.63) is 76.4 Å². The Morgan fingerprint density at radius 2 is 1.77 bits per heavy atom. The van der Waals surface area contributed by atoms with Gasteiger partial charge < -0.3 is 5.11 Å². The van der Waals surface area contributed by atoms with Crippen molar-refractivity contribution in [2.24, 2.45) is 33.0 Å². The quantitative estimate of drug-likeness (QED) is 0.419. The minimum atomic E-state index is -0.292. The first kappa shape index (κ1) is 27.4. The van der Waals surface area contributed by atoms with Crippen LogP contribution in [0.3, 0.4) is 0 Å². The number of nitrogens with zero attached hydrogens (tertiary/aromatic N) is 1. The normalized spacial score (nSPS) is 40.6. The van der Waals surface area contributed by atoms with Gasteiger partial charge in [-0.15, -0.1) is 0 Å². The van der Waals surface area contributed by atoms with Crippen LogP contribution in [0.2, 0.25) is 0 Å². The second-order valence-corrected chi connectivity index (χ2v) is 14.9. The fourth-order valence-electron chi connectivity index (χ4n) is 9.82. The van der Waals surface area contributed by atoms with Gasteiger partial charge in [0.15, 0.2) is 5.76 Å². The van der Waals surface area contributed by atoms with E-state index in [0.717, 1.165) is 61.7 Å². The summed E-state index contributed by atoms with van der Waals surface area (Å²) in [6.45, 7) is 13.9. The molecule has 3 fully saturated rings. The van der Waals surface area contributed by atoms with Crippen molar-refractivity contribution in [2.75, 3.05) is 0 Å².